The SMILES string of the molecule is Cc1ccc(CN2C[C@@H]3[C@H](CNC(=O)C4CCC4)[C@H]4CC[C@]3(C2)O4)o1. The Morgan fingerprint density at radius 1 is 1.36 bits per heavy atom. The van der Waals surface area contributed by atoms with Crippen LogP contribution in [0.25, 0.3) is 0 Å². The average Bonchev–Trinajstić information content (AvgIpc) is 3.24. The van der Waals surface area contributed by atoms with E-state index in [9.17, 15) is 4.79 Å². The van der Waals surface area contributed by atoms with Gasteiger partial charge < -0.3 is 14.5 Å². The lowest BCUT2D eigenvalue weighted by Crippen LogP contribution is -2.44. The monoisotopic (exact) mass is 344 g/mol. The van der Waals surface area contributed by atoms with Crippen molar-refractivity contribution in [3.8, 4) is 0 Å². The Labute approximate surface area is 149 Å². The van der Waals surface area contributed by atoms with Gasteiger partial charge in [0.1, 0.15) is 11.5 Å². The summed E-state index contributed by atoms with van der Waals surface area (Å²) in [6.45, 7) is 5.70. The number of nitrogens with zero attached hydrogens (tertiary/aromatic N) is 1. The molecule has 0 unspecified atom stereocenters. The quantitative estimate of drug-likeness (QED) is 0.892. The van der Waals surface area contributed by atoms with Gasteiger partial charge in [0.2, 0.25) is 5.91 Å². The average molecular weight is 344 g/mol. The Morgan fingerprint density at radius 2 is 2.24 bits per heavy atom. The molecule has 3 saturated heterocycles. The molecule has 4 heterocycles. The third-order valence-corrected chi connectivity index (χ3v) is 7.02. The molecular formula is C20H28N2O3. The van der Waals surface area contributed by atoms with Crippen molar-refractivity contribution in [3.05, 3.63) is 23.7 Å². The van der Waals surface area contributed by atoms with Crippen LogP contribution in [0.4, 0.5) is 0 Å². The highest BCUT2D eigenvalue weighted by molar-refractivity contribution is 5.79. The smallest absolute Gasteiger partial charge is 0.223 e. The van der Waals surface area contributed by atoms with Crippen LogP contribution in [0, 0.1) is 24.7 Å². The van der Waals surface area contributed by atoms with Crippen molar-refractivity contribution in [2.45, 2.75) is 57.3 Å². The molecular weight excluding hydrogens is 316 g/mol. The summed E-state index contributed by atoms with van der Waals surface area (Å²) in [5.74, 6) is 3.57. The zero-order valence-electron chi connectivity index (χ0n) is 15.0. The molecule has 136 valence electrons. The predicted octanol–water partition coefficient (Wildman–Crippen LogP) is 2.48. The summed E-state index contributed by atoms with van der Waals surface area (Å²) >= 11 is 0. The Balaban J connectivity index is 1.23. The molecule has 3 aliphatic heterocycles. The van der Waals surface area contributed by atoms with Gasteiger partial charge >= 0.3 is 0 Å². The zero-order valence-corrected chi connectivity index (χ0v) is 15.0. The molecule has 5 rings (SSSR count). The topological polar surface area (TPSA) is 54.7 Å². The molecule has 1 aromatic heterocycles. The van der Waals surface area contributed by atoms with E-state index in [0.29, 0.717) is 17.9 Å². The van der Waals surface area contributed by atoms with Crippen LogP contribution in [0.15, 0.2) is 16.5 Å². The van der Waals surface area contributed by atoms with E-state index in [4.69, 9.17) is 9.15 Å². The molecule has 4 atom stereocenters. The first-order valence-corrected chi connectivity index (χ1v) is 9.86. The molecule has 1 saturated carbocycles. The Kier molecular flexibility index (Phi) is 3.72. The summed E-state index contributed by atoms with van der Waals surface area (Å²) in [4.78, 5) is 14.7. The van der Waals surface area contributed by atoms with Gasteiger partial charge in [-0.05, 0) is 44.7 Å². The fourth-order valence-electron chi connectivity index (χ4n) is 5.50. The summed E-state index contributed by atoms with van der Waals surface area (Å²) in [7, 11) is 0. The normalized spacial score (nSPS) is 37.2. The largest absolute Gasteiger partial charge is 0.465 e. The van der Waals surface area contributed by atoms with Gasteiger partial charge in [0.05, 0.1) is 18.2 Å². The molecule has 1 aliphatic carbocycles. The van der Waals surface area contributed by atoms with E-state index in [0.717, 1.165) is 57.0 Å². The van der Waals surface area contributed by atoms with Crippen LogP contribution in [0.3, 0.4) is 0 Å². The molecule has 25 heavy (non-hydrogen) atoms. The van der Waals surface area contributed by atoms with Crippen LogP contribution in [-0.2, 0) is 16.1 Å². The van der Waals surface area contributed by atoms with Gasteiger partial charge in [-0.25, -0.2) is 0 Å². The maximum absolute atomic E-state index is 12.2. The van der Waals surface area contributed by atoms with Gasteiger partial charge in [0.15, 0.2) is 0 Å². The van der Waals surface area contributed by atoms with Crippen LogP contribution < -0.4 is 5.32 Å². The number of nitrogens with one attached hydrogen (secondary N) is 1. The molecule has 1 aromatic rings. The van der Waals surface area contributed by atoms with Gasteiger partial charge in [-0.3, -0.25) is 9.69 Å². The maximum atomic E-state index is 12.2. The lowest BCUT2D eigenvalue weighted by Gasteiger charge is -2.31. The number of hydrogen-bond acceptors (Lipinski definition) is 4. The molecule has 1 spiro atoms. The zero-order chi connectivity index (χ0) is 17.0. The summed E-state index contributed by atoms with van der Waals surface area (Å²) in [6, 6.07) is 4.11. The molecule has 5 heteroatoms. The summed E-state index contributed by atoms with van der Waals surface area (Å²) in [6.07, 6.45) is 6.01. The van der Waals surface area contributed by atoms with Gasteiger partial charge in [0.25, 0.3) is 0 Å². The first kappa shape index (κ1) is 15.9. The van der Waals surface area contributed by atoms with Gasteiger partial charge in [-0.2, -0.15) is 0 Å². The maximum Gasteiger partial charge on any atom is 0.223 e. The highest BCUT2D eigenvalue weighted by Crippen LogP contribution is 2.54. The molecule has 4 fully saturated rings. The second-order valence-electron chi connectivity index (χ2n) is 8.59. The van der Waals surface area contributed by atoms with Gasteiger partial charge in [-0.1, -0.05) is 6.42 Å². The summed E-state index contributed by atoms with van der Waals surface area (Å²) in [5.41, 5.74) is 0.0260. The van der Waals surface area contributed by atoms with Gasteiger partial charge in [0, 0.05) is 37.4 Å². The first-order valence-electron chi connectivity index (χ1n) is 9.86. The van der Waals surface area contributed by atoms with E-state index in [1.807, 2.05) is 13.0 Å². The molecule has 2 bridgehead atoms. The van der Waals surface area contributed by atoms with Gasteiger partial charge in [-0.15, -0.1) is 0 Å². The summed E-state index contributed by atoms with van der Waals surface area (Å²) < 4.78 is 12.2. The van der Waals surface area contributed by atoms with Crippen molar-refractivity contribution in [1.29, 1.82) is 0 Å². The first-order chi connectivity index (χ1) is 12.1. The highest BCUT2D eigenvalue weighted by Gasteiger charge is 2.62. The Hall–Kier alpha value is -1.33. The molecule has 1 N–H and O–H groups in total. The molecule has 1 amide bonds. The van der Waals surface area contributed by atoms with Crippen molar-refractivity contribution in [2.75, 3.05) is 19.6 Å². The number of furan rings is 1. The van der Waals surface area contributed by atoms with Crippen molar-refractivity contribution in [3.63, 3.8) is 0 Å². The van der Waals surface area contributed by atoms with Crippen LogP contribution in [0.1, 0.15) is 43.6 Å². The number of carbonyl (C=O) groups excluding carboxylic acids is 1. The number of rotatable bonds is 5. The minimum absolute atomic E-state index is 0.0260. The number of likely N-dealkylation sites (tertiary alicyclic amines) is 1. The van der Waals surface area contributed by atoms with Crippen molar-refractivity contribution < 1.29 is 13.9 Å². The fourth-order valence-corrected chi connectivity index (χ4v) is 5.50. The van der Waals surface area contributed by atoms with E-state index in [1.165, 1.54) is 12.8 Å². The summed E-state index contributed by atoms with van der Waals surface area (Å²) in [5, 5.41) is 3.23. The van der Waals surface area contributed by atoms with E-state index in [-0.39, 0.29) is 17.4 Å². The second-order valence-corrected chi connectivity index (χ2v) is 8.59. The van der Waals surface area contributed by atoms with Crippen molar-refractivity contribution >= 4 is 5.91 Å². The fraction of sp³-hybridized carbons (Fsp3) is 0.750. The van der Waals surface area contributed by atoms with E-state index >= 15 is 0 Å². The number of fused-ring (bicyclic) bond motifs is 1. The van der Waals surface area contributed by atoms with Crippen LogP contribution in [0.5, 0.6) is 0 Å². The van der Waals surface area contributed by atoms with E-state index in [2.05, 4.69) is 16.3 Å². The van der Waals surface area contributed by atoms with Crippen molar-refractivity contribution in [1.82, 2.24) is 10.2 Å². The van der Waals surface area contributed by atoms with Crippen LogP contribution in [-0.4, -0.2) is 42.1 Å². The highest BCUT2D eigenvalue weighted by atomic mass is 16.5. The number of ether oxygens (including phenoxy) is 1. The third-order valence-electron chi connectivity index (χ3n) is 7.02. The van der Waals surface area contributed by atoms with Crippen LogP contribution in [0.2, 0.25) is 0 Å². The standard InChI is InChI=1S/C20H28N2O3/c1-13-5-6-15(24-13)10-22-11-17-16(9-21-19(23)14-3-2-4-14)18-7-8-20(17,12-22)25-18/h5-6,14,16-18H,2-4,7-12H2,1H3,(H,21,23)/t16-,17+,18+,20+/m0/s1. The van der Waals surface area contributed by atoms with Crippen molar-refractivity contribution in [2.24, 2.45) is 17.8 Å². The number of hydrogen-bond donors (Lipinski definition) is 1. The number of aryl methyl sites for hydroxylation is 1. The lowest BCUT2D eigenvalue weighted by atomic mass is 9.73. The Bertz CT molecular complexity index is 668. The van der Waals surface area contributed by atoms with E-state index in [1.54, 1.807) is 0 Å². The molecule has 4 aliphatic rings. The second kappa shape index (κ2) is 5.85. The molecule has 0 radical (unpaired) electrons. The predicted molar refractivity (Wildman–Crippen MR) is 92.9 cm³/mol. The minimum Gasteiger partial charge on any atom is -0.465 e. The van der Waals surface area contributed by atoms with E-state index < -0.39 is 0 Å². The number of amides is 1. The minimum atomic E-state index is 0.0260. The number of carbonyl (C=O) groups is 1. The van der Waals surface area contributed by atoms with Crippen LogP contribution >= 0.6 is 0 Å². The Morgan fingerprint density at radius 3 is 2.96 bits per heavy atom. The molecule has 0 aromatic carbocycles. The molecule has 5 nitrogen and oxygen atoms in total. The third kappa shape index (κ3) is 2.63. The lowest BCUT2D eigenvalue weighted by molar-refractivity contribution is -0.127.